The van der Waals surface area contributed by atoms with Crippen molar-refractivity contribution in [3.8, 4) is 39.5 Å². The summed E-state index contributed by atoms with van der Waals surface area (Å²) in [6.45, 7) is 13.8. The van der Waals surface area contributed by atoms with Crippen molar-refractivity contribution in [2.75, 3.05) is 0 Å². The number of hydrogen-bond donors (Lipinski definition) is 0. The zero-order valence-corrected chi connectivity index (χ0v) is 38.3. The molecule has 0 fully saturated rings. The van der Waals surface area contributed by atoms with Gasteiger partial charge in [-0.15, -0.1) is 54.1 Å². The summed E-state index contributed by atoms with van der Waals surface area (Å²) in [5.41, 5.74) is 9.91. The van der Waals surface area contributed by atoms with Gasteiger partial charge < -0.3 is 9.55 Å². The molecule has 59 heavy (non-hydrogen) atoms. The van der Waals surface area contributed by atoms with Gasteiger partial charge in [-0.25, -0.2) is 4.98 Å². The summed E-state index contributed by atoms with van der Waals surface area (Å²) < 4.78 is 3.50. The predicted molar refractivity (Wildman–Crippen MR) is 249 cm³/mol. The molecule has 4 nitrogen and oxygen atoms in total. The number of pyridine rings is 2. The molecule has 0 N–H and O–H groups in total. The Morgan fingerprint density at radius 1 is 0.678 bits per heavy atom. The summed E-state index contributed by atoms with van der Waals surface area (Å²) in [5, 5.41) is 6.08. The van der Waals surface area contributed by atoms with Gasteiger partial charge in [0.2, 0.25) is 0 Å². The second kappa shape index (κ2) is 16.2. The predicted octanol–water partition coefficient (Wildman–Crippen LogP) is 13.5. The summed E-state index contributed by atoms with van der Waals surface area (Å²) >= 11 is 1.71. The molecule has 0 unspecified atom stereocenters. The first-order valence-corrected chi connectivity index (χ1v) is 24.1. The number of thiophene rings is 1. The van der Waals surface area contributed by atoms with E-state index in [2.05, 4.69) is 176 Å². The van der Waals surface area contributed by atoms with Crippen LogP contribution in [-0.2, 0) is 25.5 Å². The Morgan fingerprint density at radius 2 is 1.46 bits per heavy atom. The second-order valence-electron chi connectivity index (χ2n) is 16.8. The quantitative estimate of drug-likeness (QED) is 0.127. The molecule has 0 bridgehead atoms. The van der Waals surface area contributed by atoms with Gasteiger partial charge in [0.1, 0.15) is 4.83 Å². The monoisotopic (exact) mass is 977 g/mol. The van der Waals surface area contributed by atoms with Gasteiger partial charge in [0.25, 0.3) is 0 Å². The zero-order chi connectivity index (χ0) is 40.0. The fourth-order valence-electron chi connectivity index (χ4n) is 7.56. The van der Waals surface area contributed by atoms with E-state index in [4.69, 9.17) is 4.98 Å². The van der Waals surface area contributed by atoms with Crippen molar-refractivity contribution >= 4 is 66.7 Å². The van der Waals surface area contributed by atoms with E-state index in [1.807, 2.05) is 48.8 Å². The van der Waals surface area contributed by atoms with Crippen molar-refractivity contribution in [2.45, 2.75) is 45.8 Å². The van der Waals surface area contributed by atoms with Crippen molar-refractivity contribution in [1.29, 1.82) is 0 Å². The first-order chi connectivity index (χ1) is 28.0. The molecular formula is C52H44IrN4SSi-2. The van der Waals surface area contributed by atoms with Crippen LogP contribution >= 0.6 is 11.3 Å². The fourth-order valence-corrected chi connectivity index (χ4v) is 9.73. The molecule has 0 aliphatic rings. The van der Waals surface area contributed by atoms with Crippen molar-refractivity contribution in [3.63, 3.8) is 0 Å². The van der Waals surface area contributed by atoms with Crippen LogP contribution in [0.1, 0.15) is 26.3 Å². The van der Waals surface area contributed by atoms with Gasteiger partial charge in [-0.2, -0.15) is 11.3 Å². The van der Waals surface area contributed by atoms with Crippen LogP contribution in [0.4, 0.5) is 0 Å². The van der Waals surface area contributed by atoms with E-state index in [0.29, 0.717) is 0 Å². The Balaban J connectivity index is 0.000000240. The average Bonchev–Trinajstić information content (AvgIpc) is 3.83. The Hall–Kier alpha value is -5.56. The van der Waals surface area contributed by atoms with Crippen LogP contribution in [0.3, 0.4) is 0 Å². The standard InChI is InChI=1S/C38H28N3S.C14H16NSi.Ir/c1-38(2,3)26-19-21-32(31(23-26)24-11-5-4-6-12-24)41-33-20-18-25-13-7-8-14-27(25)34(33)40-36(41)30-16-9-15-28-29-17-10-22-39-37(29)42-35(28)30;1-16(2,3)13-9-10-14(15-11-13)12-7-5-4-6-8-12;/h4-15,17-23H,1-3H3;4-7,9-11H,1-3H3;/q2*-1;. The Labute approximate surface area is 365 Å². The molecule has 6 aromatic carbocycles. The zero-order valence-electron chi connectivity index (χ0n) is 34.0. The molecule has 0 amide bonds. The van der Waals surface area contributed by atoms with E-state index >= 15 is 0 Å². The largest absolute Gasteiger partial charge is 0.333 e. The topological polar surface area (TPSA) is 43.6 Å². The molecule has 4 heterocycles. The molecule has 10 aromatic rings. The molecule has 10 rings (SSSR count). The van der Waals surface area contributed by atoms with Crippen LogP contribution in [0, 0.1) is 12.1 Å². The SMILES string of the molecule is CC(C)(C)c1ccc(-n2c(-c3[c-]ccc4c3sc3ncccc34)nc3c4ccccc4ccc32)c(-c2ccccc2)c1.C[Si](C)(C)c1ccc(-c2[c-]cccc2)nc1.[Ir]. The minimum atomic E-state index is -1.23. The van der Waals surface area contributed by atoms with Gasteiger partial charge >= 0.3 is 0 Å². The van der Waals surface area contributed by atoms with Crippen LogP contribution in [0.15, 0.2) is 158 Å². The van der Waals surface area contributed by atoms with Crippen molar-refractivity contribution in [2.24, 2.45) is 0 Å². The third kappa shape index (κ3) is 7.84. The molecule has 0 spiro atoms. The molecule has 293 valence electrons. The van der Waals surface area contributed by atoms with E-state index in [0.717, 1.165) is 54.3 Å². The summed E-state index contributed by atoms with van der Waals surface area (Å²) in [6.07, 6.45) is 3.88. The van der Waals surface area contributed by atoms with Crippen LogP contribution in [0.5, 0.6) is 0 Å². The normalized spacial score (nSPS) is 11.8. The molecule has 0 saturated carbocycles. The molecule has 0 saturated heterocycles. The van der Waals surface area contributed by atoms with Gasteiger partial charge in [-0.05, 0) is 67.2 Å². The molecule has 0 aliphatic heterocycles. The number of hydrogen-bond acceptors (Lipinski definition) is 4. The van der Waals surface area contributed by atoms with Gasteiger partial charge in [-0.1, -0.05) is 136 Å². The summed E-state index contributed by atoms with van der Waals surface area (Å²) in [4.78, 5) is 15.7. The molecule has 7 heteroatoms. The van der Waals surface area contributed by atoms with Crippen LogP contribution in [0.2, 0.25) is 19.6 Å². The number of rotatable bonds is 5. The Morgan fingerprint density at radius 3 is 2.20 bits per heavy atom. The minimum absolute atomic E-state index is 0. The maximum atomic E-state index is 5.43. The number of aromatic nitrogens is 4. The average molecular weight is 977 g/mol. The van der Waals surface area contributed by atoms with Gasteiger partial charge in [0.15, 0.2) is 0 Å². The third-order valence-corrected chi connectivity index (χ3v) is 14.0. The Kier molecular flexibility index (Phi) is 11.1. The smallest absolute Gasteiger partial charge is 0.113 e. The summed E-state index contributed by atoms with van der Waals surface area (Å²) in [5.74, 6) is 0.888. The fraction of sp³-hybridized carbons (Fsp3) is 0.135. The van der Waals surface area contributed by atoms with Crippen LogP contribution < -0.4 is 5.19 Å². The number of imidazole rings is 1. The van der Waals surface area contributed by atoms with Crippen LogP contribution in [-0.4, -0.2) is 27.6 Å². The van der Waals surface area contributed by atoms with Gasteiger partial charge in [0, 0.05) is 49.1 Å². The van der Waals surface area contributed by atoms with E-state index in [9.17, 15) is 0 Å². The maximum Gasteiger partial charge on any atom is 0.113 e. The molecular weight excluding hydrogens is 933 g/mol. The van der Waals surface area contributed by atoms with Crippen molar-refractivity contribution in [3.05, 3.63) is 176 Å². The van der Waals surface area contributed by atoms with Crippen LogP contribution in [0.25, 0.3) is 81.6 Å². The van der Waals surface area contributed by atoms with E-state index in [1.54, 1.807) is 11.3 Å². The van der Waals surface area contributed by atoms with E-state index in [1.165, 1.54) is 38.0 Å². The molecule has 1 radical (unpaired) electrons. The summed E-state index contributed by atoms with van der Waals surface area (Å²) in [6, 6.07) is 57.9. The molecule has 4 aromatic heterocycles. The molecule has 0 atom stereocenters. The third-order valence-electron chi connectivity index (χ3n) is 10.8. The number of nitrogens with zero attached hydrogens (tertiary/aromatic N) is 4. The Bertz CT molecular complexity index is 3070. The van der Waals surface area contributed by atoms with Crippen molar-refractivity contribution < 1.29 is 20.1 Å². The van der Waals surface area contributed by atoms with Gasteiger partial charge in [-0.3, -0.25) is 4.98 Å². The molecule has 0 aliphatic carbocycles. The number of benzene rings is 6. The first-order valence-electron chi connectivity index (χ1n) is 19.8. The second-order valence-corrected chi connectivity index (χ2v) is 22.9. The van der Waals surface area contributed by atoms with E-state index in [-0.39, 0.29) is 25.5 Å². The van der Waals surface area contributed by atoms with Crippen molar-refractivity contribution in [1.82, 2.24) is 19.5 Å². The number of fused-ring (bicyclic) bond motifs is 6. The van der Waals surface area contributed by atoms with E-state index < -0.39 is 8.07 Å². The minimum Gasteiger partial charge on any atom is -0.333 e. The summed E-state index contributed by atoms with van der Waals surface area (Å²) in [7, 11) is -1.23. The maximum absolute atomic E-state index is 5.43. The van der Waals surface area contributed by atoms with Gasteiger partial charge in [0.05, 0.1) is 24.9 Å². The first kappa shape index (κ1) is 40.2.